The summed E-state index contributed by atoms with van der Waals surface area (Å²) in [5, 5.41) is 5.45. The van der Waals surface area contributed by atoms with Gasteiger partial charge in [-0.25, -0.2) is 8.78 Å². The average molecular weight is 725 g/mol. The highest BCUT2D eigenvalue weighted by Gasteiger charge is 2.49. The van der Waals surface area contributed by atoms with Crippen LogP contribution in [0.5, 0.6) is 11.8 Å². The number of hydrogen-bond donors (Lipinski definition) is 1. The number of halogens is 3. The van der Waals surface area contributed by atoms with Crippen LogP contribution in [0.25, 0.3) is 32.9 Å². The number of ether oxygens (including phenoxy) is 1. The standard InChI is InChI=1S/C34H35F2IN6O2/c1-4-21-8-5-9-22-14-24(45-37)15-25(27(21)22)29-28(36)30-26(17-38-29)31(39-19-33(42(2)3)10-6-11-33)41-32(40-30)44-20-34-12-7-13-43(34)18-23(35)16-34/h1,5,8-9,14-15,17,23H,6-7,10-13,16,18-20H2,2-3H3,(H,39,40,41)/t23-,34+/m1/s1. The normalized spacial score (nSPS) is 22.4. The molecule has 2 atom stereocenters. The third-order valence-electron chi connectivity index (χ3n) is 10.2. The Hall–Kier alpha value is -3.34. The van der Waals surface area contributed by atoms with Gasteiger partial charge in [0, 0.05) is 47.8 Å². The lowest BCUT2D eigenvalue weighted by molar-refractivity contribution is 0.0738. The summed E-state index contributed by atoms with van der Waals surface area (Å²) in [7, 11) is 4.16. The molecule has 2 saturated heterocycles. The summed E-state index contributed by atoms with van der Waals surface area (Å²) < 4.78 is 43.0. The minimum Gasteiger partial charge on any atom is -0.461 e. The van der Waals surface area contributed by atoms with E-state index < -0.39 is 17.5 Å². The Bertz CT molecular complexity index is 1830. The van der Waals surface area contributed by atoms with Crippen LogP contribution < -0.4 is 13.1 Å². The van der Waals surface area contributed by atoms with Crippen molar-refractivity contribution in [2.24, 2.45) is 0 Å². The van der Waals surface area contributed by atoms with Gasteiger partial charge >= 0.3 is 6.01 Å². The van der Waals surface area contributed by atoms with Crippen molar-refractivity contribution >= 4 is 50.5 Å². The third kappa shape index (κ3) is 5.24. The third-order valence-corrected chi connectivity index (χ3v) is 10.7. The van der Waals surface area contributed by atoms with Gasteiger partial charge in [-0.3, -0.25) is 9.88 Å². The largest absolute Gasteiger partial charge is 0.461 e. The zero-order valence-electron chi connectivity index (χ0n) is 25.4. The summed E-state index contributed by atoms with van der Waals surface area (Å²) in [6, 6.07) is 9.24. The minimum absolute atomic E-state index is 0.0160. The number of benzene rings is 2. The van der Waals surface area contributed by atoms with Crippen LogP contribution in [0, 0.1) is 18.2 Å². The number of aromatic nitrogens is 3. The Kier molecular flexibility index (Phi) is 7.94. The quantitative estimate of drug-likeness (QED) is 0.154. The van der Waals surface area contributed by atoms with E-state index in [0.717, 1.165) is 44.0 Å². The predicted octanol–water partition coefficient (Wildman–Crippen LogP) is 6.55. The fraction of sp³-hybridized carbons (Fsp3) is 0.441. The number of anilines is 1. The number of fused-ring (bicyclic) bond motifs is 3. The van der Waals surface area contributed by atoms with Gasteiger partial charge < -0.3 is 18.0 Å². The second-order valence-corrected chi connectivity index (χ2v) is 13.3. The topological polar surface area (TPSA) is 75.6 Å². The molecular weight excluding hydrogens is 689 g/mol. The van der Waals surface area contributed by atoms with E-state index in [2.05, 4.69) is 45.1 Å². The van der Waals surface area contributed by atoms with Crippen LogP contribution in [0.4, 0.5) is 14.6 Å². The number of nitrogens with zero attached hydrogens (tertiary/aromatic N) is 5. The molecule has 234 valence electrons. The number of rotatable bonds is 9. The van der Waals surface area contributed by atoms with Gasteiger partial charge in [-0.05, 0) is 76.3 Å². The van der Waals surface area contributed by atoms with E-state index in [-0.39, 0.29) is 29.4 Å². The van der Waals surface area contributed by atoms with E-state index in [9.17, 15) is 4.39 Å². The van der Waals surface area contributed by atoms with Crippen LogP contribution in [0.3, 0.4) is 0 Å². The van der Waals surface area contributed by atoms with Gasteiger partial charge in [0.15, 0.2) is 28.8 Å². The van der Waals surface area contributed by atoms with Crippen LogP contribution in [-0.2, 0) is 0 Å². The van der Waals surface area contributed by atoms with Gasteiger partial charge in [0.25, 0.3) is 0 Å². The molecule has 0 bridgehead atoms. The molecule has 3 aliphatic rings. The van der Waals surface area contributed by atoms with Crippen LogP contribution in [0.2, 0.25) is 0 Å². The number of nitrogens with one attached hydrogen (secondary N) is 1. The molecule has 2 aromatic carbocycles. The zero-order valence-corrected chi connectivity index (χ0v) is 27.5. The van der Waals surface area contributed by atoms with Gasteiger partial charge in [0.2, 0.25) is 0 Å². The zero-order chi connectivity index (χ0) is 31.3. The molecule has 2 aliphatic heterocycles. The van der Waals surface area contributed by atoms with E-state index >= 15 is 4.39 Å². The minimum atomic E-state index is -0.885. The first-order chi connectivity index (χ1) is 21.8. The molecule has 4 aromatic rings. The van der Waals surface area contributed by atoms with Gasteiger partial charge in [-0.2, -0.15) is 9.97 Å². The molecule has 0 spiro atoms. The van der Waals surface area contributed by atoms with E-state index in [4.69, 9.17) is 19.2 Å². The monoisotopic (exact) mass is 724 g/mol. The van der Waals surface area contributed by atoms with Gasteiger partial charge in [-0.15, -0.1) is 6.42 Å². The van der Waals surface area contributed by atoms with Gasteiger partial charge in [0.1, 0.15) is 35.6 Å². The fourth-order valence-corrected chi connectivity index (χ4v) is 7.69. The Labute approximate surface area is 275 Å². The molecule has 0 amide bonds. The highest BCUT2D eigenvalue weighted by atomic mass is 127. The highest BCUT2D eigenvalue weighted by molar-refractivity contribution is 14.1. The summed E-state index contributed by atoms with van der Waals surface area (Å²) in [5.74, 6) is 3.11. The molecule has 4 heterocycles. The number of pyridine rings is 1. The SMILES string of the molecule is C#Cc1cccc2cc(OI)cc(-c3ncc4c(NCC5(N(C)C)CCC5)nc(OC[C@@]56CCCN5C[C@H](F)C6)nc4c3F)c12. The molecule has 2 aromatic heterocycles. The van der Waals surface area contributed by atoms with Crippen molar-refractivity contribution in [1.29, 1.82) is 0 Å². The summed E-state index contributed by atoms with van der Waals surface area (Å²) in [4.78, 5) is 18.4. The molecule has 0 unspecified atom stereocenters. The number of likely N-dealkylation sites (N-methyl/N-ethyl adjacent to an activating group) is 1. The summed E-state index contributed by atoms with van der Waals surface area (Å²) in [5.41, 5.74) is 0.903. The fourth-order valence-electron chi connectivity index (χ4n) is 7.44. The first-order valence-corrected chi connectivity index (χ1v) is 16.3. The second kappa shape index (κ2) is 11.8. The van der Waals surface area contributed by atoms with Crippen molar-refractivity contribution in [3.63, 3.8) is 0 Å². The Morgan fingerprint density at radius 3 is 2.78 bits per heavy atom. The highest BCUT2D eigenvalue weighted by Crippen LogP contribution is 2.42. The molecule has 1 saturated carbocycles. The Balaban J connectivity index is 1.34. The molecule has 7 rings (SSSR count). The van der Waals surface area contributed by atoms with Crippen LogP contribution in [-0.4, -0.2) is 82.3 Å². The van der Waals surface area contributed by atoms with Crippen LogP contribution >= 0.6 is 23.0 Å². The summed E-state index contributed by atoms with van der Waals surface area (Å²) in [6.07, 6.45) is 12.1. The molecule has 1 N–H and O–H groups in total. The van der Waals surface area contributed by atoms with Crippen molar-refractivity contribution in [2.75, 3.05) is 45.7 Å². The molecule has 0 radical (unpaired) electrons. The van der Waals surface area contributed by atoms with Crippen LogP contribution in [0.1, 0.15) is 44.1 Å². The number of terminal acetylenes is 1. The summed E-state index contributed by atoms with van der Waals surface area (Å²) >= 11 is 1.81. The van der Waals surface area contributed by atoms with Crippen molar-refractivity contribution in [3.8, 4) is 35.4 Å². The Morgan fingerprint density at radius 2 is 2.04 bits per heavy atom. The van der Waals surface area contributed by atoms with E-state index in [0.29, 0.717) is 53.0 Å². The maximum atomic E-state index is 16.8. The lowest BCUT2D eigenvalue weighted by atomic mass is 9.75. The number of alkyl halides is 1. The lowest BCUT2D eigenvalue weighted by Crippen LogP contribution is -2.54. The molecule has 45 heavy (non-hydrogen) atoms. The number of hydrogen-bond acceptors (Lipinski definition) is 8. The smallest absolute Gasteiger partial charge is 0.319 e. The molecule has 11 heteroatoms. The maximum absolute atomic E-state index is 16.8. The van der Waals surface area contributed by atoms with Crippen molar-refractivity contribution < 1.29 is 16.6 Å². The van der Waals surface area contributed by atoms with Crippen molar-refractivity contribution in [2.45, 2.75) is 55.8 Å². The molecule has 1 aliphatic carbocycles. The molecular formula is C34H35F2IN6O2. The lowest BCUT2D eigenvalue weighted by Gasteiger charge is -2.47. The maximum Gasteiger partial charge on any atom is 0.319 e. The molecule has 3 fully saturated rings. The second-order valence-electron chi connectivity index (χ2n) is 12.8. The van der Waals surface area contributed by atoms with Gasteiger partial charge in [-0.1, -0.05) is 18.1 Å². The van der Waals surface area contributed by atoms with Crippen molar-refractivity contribution in [1.82, 2.24) is 24.8 Å². The van der Waals surface area contributed by atoms with Gasteiger partial charge in [0.05, 0.1) is 10.9 Å². The summed E-state index contributed by atoms with van der Waals surface area (Å²) in [6.45, 7) is 2.13. The van der Waals surface area contributed by atoms with E-state index in [1.807, 2.05) is 24.3 Å². The Morgan fingerprint density at radius 1 is 1.20 bits per heavy atom. The van der Waals surface area contributed by atoms with E-state index in [1.54, 1.807) is 35.3 Å². The first-order valence-electron chi connectivity index (χ1n) is 15.4. The first kappa shape index (κ1) is 30.3. The average Bonchev–Trinajstić information content (AvgIpc) is 3.54. The molecule has 8 nitrogen and oxygen atoms in total. The van der Waals surface area contributed by atoms with Crippen molar-refractivity contribution in [3.05, 3.63) is 47.9 Å². The predicted molar refractivity (Wildman–Crippen MR) is 180 cm³/mol. The van der Waals surface area contributed by atoms with E-state index in [1.165, 1.54) is 0 Å². The van der Waals surface area contributed by atoms with Crippen LogP contribution in [0.15, 0.2) is 36.5 Å².